The van der Waals surface area contributed by atoms with Gasteiger partial charge < -0.3 is 29.0 Å². The van der Waals surface area contributed by atoms with Crippen LogP contribution in [-0.2, 0) is 23.4 Å². The van der Waals surface area contributed by atoms with Crippen LogP contribution in [0.15, 0.2) is 6.33 Å². The maximum Gasteiger partial charge on any atom is 0.344 e. The standard InChI is InChI=1S/C23H42N7O6P/c1-9-29(10-2)37(32,26-12-18(31)35-14-23(4,5)6)36-13-17(33-7)11-16(3)30-15-25-19-20(30)27-22(24)28-21(19)34-8/h15-17H,9-14H2,1-8H3,(H,26,32)(H2,24,27,28). The predicted molar refractivity (Wildman–Crippen MR) is 141 cm³/mol. The molecule has 37 heavy (non-hydrogen) atoms. The van der Waals surface area contributed by atoms with E-state index >= 15 is 0 Å². The molecule has 0 spiro atoms. The van der Waals surface area contributed by atoms with Crippen LogP contribution < -0.4 is 15.6 Å². The number of aromatic nitrogens is 4. The Morgan fingerprint density at radius 2 is 1.92 bits per heavy atom. The van der Waals surface area contributed by atoms with E-state index in [0.29, 0.717) is 36.6 Å². The van der Waals surface area contributed by atoms with Crippen LogP contribution in [0.25, 0.3) is 11.2 Å². The van der Waals surface area contributed by atoms with Crippen LogP contribution in [0, 0.1) is 5.41 Å². The molecule has 3 unspecified atom stereocenters. The van der Waals surface area contributed by atoms with Crippen molar-refractivity contribution in [1.82, 2.24) is 29.3 Å². The largest absolute Gasteiger partial charge is 0.479 e. The van der Waals surface area contributed by atoms with Gasteiger partial charge in [0.15, 0.2) is 11.2 Å². The molecule has 0 aliphatic carbocycles. The van der Waals surface area contributed by atoms with Crippen LogP contribution in [-0.4, -0.2) is 83.3 Å². The summed E-state index contributed by atoms with van der Waals surface area (Å²) in [4.78, 5) is 25.0. The lowest BCUT2D eigenvalue weighted by molar-refractivity contribution is -0.145. The number of ether oxygens (including phenoxy) is 3. The second-order valence-corrected chi connectivity index (χ2v) is 12.0. The van der Waals surface area contributed by atoms with Crippen molar-refractivity contribution in [1.29, 1.82) is 0 Å². The molecule has 0 aliphatic heterocycles. The summed E-state index contributed by atoms with van der Waals surface area (Å²) in [6.07, 6.45) is 1.73. The molecule has 0 bridgehead atoms. The molecule has 210 valence electrons. The number of nitrogens with two attached hydrogens (primary N) is 1. The summed E-state index contributed by atoms with van der Waals surface area (Å²) in [5.74, 6) is -0.115. The molecular formula is C23H42N7O6P. The first-order valence-corrected chi connectivity index (χ1v) is 13.9. The summed E-state index contributed by atoms with van der Waals surface area (Å²) >= 11 is 0. The van der Waals surface area contributed by atoms with Gasteiger partial charge in [0, 0.05) is 26.2 Å². The smallest absolute Gasteiger partial charge is 0.344 e. The fourth-order valence-corrected chi connectivity index (χ4v) is 5.51. The van der Waals surface area contributed by atoms with Crippen molar-refractivity contribution in [2.24, 2.45) is 5.41 Å². The number of esters is 1. The van der Waals surface area contributed by atoms with Crippen molar-refractivity contribution >= 4 is 30.8 Å². The number of nitrogens with one attached hydrogen (secondary N) is 1. The Bertz CT molecular complexity index is 1070. The quantitative estimate of drug-likeness (QED) is 0.250. The number of nitrogens with zero attached hydrogens (tertiary/aromatic N) is 5. The van der Waals surface area contributed by atoms with E-state index in [9.17, 15) is 9.36 Å². The zero-order chi connectivity index (χ0) is 27.8. The summed E-state index contributed by atoms with van der Waals surface area (Å²) in [5, 5.41) is 2.81. The third-order valence-corrected chi connectivity index (χ3v) is 8.01. The normalized spacial score (nSPS) is 15.5. The summed E-state index contributed by atoms with van der Waals surface area (Å²) < 4.78 is 39.4. The number of imidazole rings is 1. The molecule has 0 aliphatic rings. The van der Waals surface area contributed by atoms with Gasteiger partial charge in [-0.2, -0.15) is 9.97 Å². The van der Waals surface area contributed by atoms with Crippen molar-refractivity contribution in [3.63, 3.8) is 0 Å². The second-order valence-electron chi connectivity index (χ2n) is 9.87. The van der Waals surface area contributed by atoms with Crippen molar-refractivity contribution < 1.29 is 28.1 Å². The monoisotopic (exact) mass is 543 g/mol. The van der Waals surface area contributed by atoms with E-state index in [1.807, 2.05) is 46.1 Å². The molecule has 0 fully saturated rings. The fourth-order valence-electron chi connectivity index (χ4n) is 3.62. The average molecular weight is 544 g/mol. The minimum absolute atomic E-state index is 0.0335. The van der Waals surface area contributed by atoms with Gasteiger partial charge in [-0.05, 0) is 18.8 Å². The van der Waals surface area contributed by atoms with Gasteiger partial charge in [-0.1, -0.05) is 34.6 Å². The Balaban J connectivity index is 2.10. The van der Waals surface area contributed by atoms with Crippen LogP contribution in [0.1, 0.15) is 54.0 Å². The van der Waals surface area contributed by atoms with Gasteiger partial charge in [0.1, 0.15) is 6.54 Å². The zero-order valence-corrected chi connectivity index (χ0v) is 24.1. The van der Waals surface area contributed by atoms with Crippen molar-refractivity contribution in [2.45, 2.75) is 60.1 Å². The van der Waals surface area contributed by atoms with Crippen LogP contribution in [0.5, 0.6) is 5.88 Å². The lowest BCUT2D eigenvalue weighted by Crippen LogP contribution is -2.35. The van der Waals surface area contributed by atoms with Gasteiger partial charge in [-0.25, -0.2) is 14.7 Å². The summed E-state index contributed by atoms with van der Waals surface area (Å²) in [5.41, 5.74) is 6.71. The van der Waals surface area contributed by atoms with Gasteiger partial charge >= 0.3 is 13.6 Å². The number of carbonyl (C=O) groups is 1. The number of nitrogen functional groups attached to an aromatic ring is 1. The SMILES string of the molecule is CCN(CC)P(=O)(NCC(=O)OCC(C)(C)C)OCC(CC(C)n1cnc2c(OC)nc(N)nc21)OC. The Morgan fingerprint density at radius 1 is 1.24 bits per heavy atom. The lowest BCUT2D eigenvalue weighted by atomic mass is 9.99. The number of carbonyl (C=O) groups excluding carboxylic acids is 1. The molecule has 0 saturated heterocycles. The molecular weight excluding hydrogens is 501 g/mol. The molecule has 0 amide bonds. The van der Waals surface area contributed by atoms with E-state index in [-0.39, 0.29) is 37.2 Å². The third-order valence-electron chi connectivity index (χ3n) is 5.64. The number of hydrogen-bond acceptors (Lipinski definition) is 10. The van der Waals surface area contributed by atoms with E-state index in [1.54, 1.807) is 18.1 Å². The molecule has 0 radical (unpaired) electrons. The molecule has 0 aromatic carbocycles. The fraction of sp³-hybridized carbons (Fsp3) is 0.739. The van der Waals surface area contributed by atoms with E-state index < -0.39 is 19.7 Å². The first kappa shape index (κ1) is 30.9. The molecule has 3 atom stereocenters. The average Bonchev–Trinajstić information content (AvgIpc) is 3.27. The van der Waals surface area contributed by atoms with E-state index in [4.69, 9.17) is 24.5 Å². The lowest BCUT2D eigenvalue weighted by Gasteiger charge is -2.31. The Morgan fingerprint density at radius 3 is 2.49 bits per heavy atom. The number of methoxy groups -OCH3 is 2. The highest BCUT2D eigenvalue weighted by Crippen LogP contribution is 2.46. The topological polar surface area (TPSA) is 156 Å². The predicted octanol–water partition coefficient (Wildman–Crippen LogP) is 3.03. The van der Waals surface area contributed by atoms with Crippen molar-refractivity contribution in [2.75, 3.05) is 52.8 Å². The maximum atomic E-state index is 13.8. The number of hydrogen-bond donors (Lipinski definition) is 2. The van der Waals surface area contributed by atoms with Crippen LogP contribution in [0.3, 0.4) is 0 Å². The van der Waals surface area contributed by atoms with Crippen LogP contribution >= 0.6 is 7.67 Å². The molecule has 2 aromatic rings. The van der Waals surface area contributed by atoms with Crippen LogP contribution in [0.2, 0.25) is 0 Å². The number of anilines is 1. The van der Waals surface area contributed by atoms with Crippen molar-refractivity contribution in [3.8, 4) is 5.88 Å². The number of fused-ring (bicyclic) bond motifs is 1. The molecule has 14 heteroatoms. The number of rotatable bonds is 15. The minimum Gasteiger partial charge on any atom is -0.479 e. The van der Waals surface area contributed by atoms with E-state index in [2.05, 4.69) is 20.0 Å². The summed E-state index contributed by atoms with van der Waals surface area (Å²) in [6.45, 7) is 12.6. The minimum atomic E-state index is -3.54. The van der Waals surface area contributed by atoms with Gasteiger partial charge in [0.25, 0.3) is 0 Å². The molecule has 3 N–H and O–H groups in total. The first-order valence-electron chi connectivity index (χ1n) is 12.3. The highest BCUT2D eigenvalue weighted by molar-refractivity contribution is 7.54. The van der Waals surface area contributed by atoms with E-state index in [1.165, 1.54) is 7.11 Å². The maximum absolute atomic E-state index is 13.8. The highest BCUT2D eigenvalue weighted by atomic mass is 31.2. The first-order chi connectivity index (χ1) is 17.4. The molecule has 2 rings (SSSR count). The third kappa shape index (κ3) is 8.61. The van der Waals surface area contributed by atoms with Gasteiger partial charge in [0.05, 0.1) is 32.8 Å². The second kappa shape index (κ2) is 13.5. The van der Waals surface area contributed by atoms with Crippen LogP contribution in [0.4, 0.5) is 5.95 Å². The molecule has 13 nitrogen and oxygen atoms in total. The molecule has 2 aromatic heterocycles. The Hall–Kier alpha value is -2.31. The molecule has 0 saturated carbocycles. The summed E-state index contributed by atoms with van der Waals surface area (Å²) in [6, 6.07) is -0.120. The highest BCUT2D eigenvalue weighted by Gasteiger charge is 2.32. The van der Waals surface area contributed by atoms with E-state index in [0.717, 1.165) is 0 Å². The van der Waals surface area contributed by atoms with Gasteiger partial charge in [-0.15, -0.1) is 0 Å². The Labute approximate surface area is 219 Å². The van der Waals surface area contributed by atoms with Crippen molar-refractivity contribution in [3.05, 3.63) is 6.33 Å². The van der Waals surface area contributed by atoms with Gasteiger partial charge in [0.2, 0.25) is 11.8 Å². The zero-order valence-electron chi connectivity index (χ0n) is 23.2. The summed E-state index contributed by atoms with van der Waals surface area (Å²) in [7, 11) is -0.485. The Kier molecular flexibility index (Phi) is 11.3. The molecule has 2 heterocycles. The van der Waals surface area contributed by atoms with Gasteiger partial charge in [-0.3, -0.25) is 9.36 Å².